The van der Waals surface area contributed by atoms with Gasteiger partial charge in [0.25, 0.3) is 11.6 Å². The molecular formula is C16H15ClN2O3S. The molecule has 0 aliphatic carbocycles. The van der Waals surface area contributed by atoms with Gasteiger partial charge >= 0.3 is 0 Å². The number of amides is 1. The summed E-state index contributed by atoms with van der Waals surface area (Å²) in [7, 11) is 0. The van der Waals surface area contributed by atoms with Crippen molar-refractivity contribution in [2.45, 2.75) is 5.75 Å². The van der Waals surface area contributed by atoms with Crippen molar-refractivity contribution < 1.29 is 9.72 Å². The number of thioether (sulfide) groups is 1. The molecule has 0 aromatic heterocycles. The Balaban J connectivity index is 1.74. The number of benzene rings is 2. The van der Waals surface area contributed by atoms with Gasteiger partial charge in [-0.05, 0) is 23.8 Å². The average Bonchev–Trinajstić information content (AvgIpc) is 2.54. The Bertz CT molecular complexity index is 709. The van der Waals surface area contributed by atoms with E-state index in [1.54, 1.807) is 17.8 Å². The van der Waals surface area contributed by atoms with Crippen molar-refractivity contribution in [1.29, 1.82) is 0 Å². The fourth-order valence-corrected chi connectivity index (χ4v) is 2.94. The topological polar surface area (TPSA) is 72.2 Å². The number of nitrogens with zero attached hydrogens (tertiary/aromatic N) is 1. The first-order chi connectivity index (χ1) is 11.1. The van der Waals surface area contributed by atoms with Crippen molar-refractivity contribution in [3.63, 3.8) is 0 Å². The molecule has 0 atom stereocenters. The Morgan fingerprint density at radius 3 is 2.74 bits per heavy atom. The number of rotatable bonds is 7. The second-order valence-corrected chi connectivity index (χ2v) is 6.29. The first-order valence-corrected chi connectivity index (χ1v) is 8.44. The molecule has 1 N–H and O–H groups in total. The van der Waals surface area contributed by atoms with Crippen molar-refractivity contribution in [1.82, 2.24) is 5.32 Å². The van der Waals surface area contributed by atoms with Crippen LogP contribution in [0.25, 0.3) is 0 Å². The molecule has 0 radical (unpaired) electrons. The van der Waals surface area contributed by atoms with Gasteiger partial charge in [-0.3, -0.25) is 14.9 Å². The van der Waals surface area contributed by atoms with Crippen LogP contribution in [0, 0.1) is 10.1 Å². The fourth-order valence-electron chi connectivity index (χ4n) is 1.92. The standard InChI is InChI=1S/C16H15ClN2O3S/c17-14-5-1-3-12(9-14)11-23-8-7-18-16(20)13-4-2-6-15(10-13)19(21)22/h1-6,9-10H,7-8,11H2,(H,18,20). The molecule has 2 aromatic rings. The normalized spacial score (nSPS) is 10.3. The molecule has 120 valence electrons. The molecule has 0 saturated heterocycles. The highest BCUT2D eigenvalue weighted by atomic mass is 35.5. The van der Waals surface area contributed by atoms with E-state index in [0.717, 1.165) is 17.1 Å². The minimum absolute atomic E-state index is 0.0898. The molecule has 0 unspecified atom stereocenters. The molecule has 2 aromatic carbocycles. The summed E-state index contributed by atoms with van der Waals surface area (Å²) < 4.78 is 0. The molecule has 23 heavy (non-hydrogen) atoms. The molecule has 5 nitrogen and oxygen atoms in total. The summed E-state index contributed by atoms with van der Waals surface area (Å²) in [4.78, 5) is 22.1. The molecule has 7 heteroatoms. The summed E-state index contributed by atoms with van der Waals surface area (Å²) in [6, 6.07) is 13.3. The van der Waals surface area contributed by atoms with E-state index in [9.17, 15) is 14.9 Å². The largest absolute Gasteiger partial charge is 0.351 e. The number of carbonyl (C=O) groups is 1. The van der Waals surface area contributed by atoms with Gasteiger partial charge < -0.3 is 5.32 Å². The first kappa shape index (κ1) is 17.3. The van der Waals surface area contributed by atoms with Gasteiger partial charge in [-0.2, -0.15) is 11.8 Å². The summed E-state index contributed by atoms with van der Waals surface area (Å²) in [6.07, 6.45) is 0. The summed E-state index contributed by atoms with van der Waals surface area (Å²) in [5.74, 6) is 1.25. The Morgan fingerprint density at radius 1 is 1.22 bits per heavy atom. The van der Waals surface area contributed by atoms with Crippen LogP contribution in [0.5, 0.6) is 0 Å². The summed E-state index contributed by atoms with van der Waals surface area (Å²) in [5.41, 5.74) is 1.33. The van der Waals surface area contributed by atoms with Crippen molar-refractivity contribution in [3.05, 3.63) is 74.8 Å². The number of hydrogen-bond acceptors (Lipinski definition) is 4. The molecule has 0 fully saturated rings. The molecule has 0 aliphatic heterocycles. The first-order valence-electron chi connectivity index (χ1n) is 6.91. The van der Waals surface area contributed by atoms with E-state index in [2.05, 4.69) is 5.32 Å². The Morgan fingerprint density at radius 2 is 2.00 bits per heavy atom. The third-order valence-electron chi connectivity index (χ3n) is 3.01. The van der Waals surface area contributed by atoms with Crippen LogP contribution in [0.2, 0.25) is 5.02 Å². The van der Waals surface area contributed by atoms with Crippen molar-refractivity contribution >= 4 is 35.0 Å². The third kappa shape index (κ3) is 5.58. The molecule has 1 amide bonds. The number of nitro benzene ring substituents is 1. The van der Waals surface area contributed by atoms with Gasteiger partial charge in [0.1, 0.15) is 0 Å². The smallest absolute Gasteiger partial charge is 0.270 e. The van der Waals surface area contributed by atoms with Crippen molar-refractivity contribution in [2.24, 2.45) is 0 Å². The lowest BCUT2D eigenvalue weighted by Crippen LogP contribution is -2.25. The van der Waals surface area contributed by atoms with E-state index in [0.29, 0.717) is 17.1 Å². The van der Waals surface area contributed by atoms with Crippen LogP contribution in [-0.2, 0) is 5.75 Å². The van der Waals surface area contributed by atoms with Crippen LogP contribution in [0.15, 0.2) is 48.5 Å². The van der Waals surface area contributed by atoms with Crippen LogP contribution in [0.4, 0.5) is 5.69 Å². The van der Waals surface area contributed by atoms with E-state index in [-0.39, 0.29) is 11.6 Å². The second kappa shape index (κ2) is 8.55. The van der Waals surface area contributed by atoms with Crippen molar-refractivity contribution in [3.8, 4) is 0 Å². The Labute approximate surface area is 143 Å². The van der Waals surface area contributed by atoms with Crippen LogP contribution >= 0.6 is 23.4 Å². The quantitative estimate of drug-likeness (QED) is 0.467. The van der Waals surface area contributed by atoms with Gasteiger partial charge in [0, 0.05) is 40.8 Å². The average molecular weight is 351 g/mol. The number of nitro groups is 1. The molecule has 0 spiro atoms. The number of halogens is 1. The lowest BCUT2D eigenvalue weighted by molar-refractivity contribution is -0.384. The van der Waals surface area contributed by atoms with E-state index in [1.807, 2.05) is 24.3 Å². The van der Waals surface area contributed by atoms with E-state index < -0.39 is 4.92 Å². The minimum Gasteiger partial charge on any atom is -0.351 e. The zero-order chi connectivity index (χ0) is 16.7. The number of hydrogen-bond donors (Lipinski definition) is 1. The summed E-state index contributed by atoms with van der Waals surface area (Å²) in [6.45, 7) is 0.493. The maximum atomic E-state index is 11.9. The lowest BCUT2D eigenvalue weighted by Gasteiger charge is -2.06. The molecule has 0 aliphatic rings. The SMILES string of the molecule is O=C(NCCSCc1cccc(Cl)c1)c1cccc([N+](=O)[O-])c1. The van der Waals surface area contributed by atoms with Gasteiger partial charge in [-0.1, -0.05) is 29.8 Å². The molecule has 2 rings (SSSR count). The van der Waals surface area contributed by atoms with Gasteiger partial charge in [0.2, 0.25) is 0 Å². The van der Waals surface area contributed by atoms with Crippen LogP contribution < -0.4 is 5.32 Å². The van der Waals surface area contributed by atoms with Gasteiger partial charge in [0.05, 0.1) is 4.92 Å². The maximum absolute atomic E-state index is 11.9. The highest BCUT2D eigenvalue weighted by Gasteiger charge is 2.10. The Kier molecular flexibility index (Phi) is 6.43. The van der Waals surface area contributed by atoms with Gasteiger partial charge in [0.15, 0.2) is 0 Å². The minimum atomic E-state index is -0.516. The zero-order valence-corrected chi connectivity index (χ0v) is 13.8. The molecular weight excluding hydrogens is 336 g/mol. The predicted molar refractivity (Wildman–Crippen MR) is 93.0 cm³/mol. The van der Waals surface area contributed by atoms with Crippen LogP contribution in [0.3, 0.4) is 0 Å². The van der Waals surface area contributed by atoms with E-state index >= 15 is 0 Å². The number of non-ortho nitro benzene ring substituents is 1. The lowest BCUT2D eigenvalue weighted by atomic mass is 10.2. The zero-order valence-electron chi connectivity index (χ0n) is 12.2. The van der Waals surface area contributed by atoms with Crippen molar-refractivity contribution in [2.75, 3.05) is 12.3 Å². The predicted octanol–water partition coefficient (Wildman–Crippen LogP) is 3.91. The highest BCUT2D eigenvalue weighted by Crippen LogP contribution is 2.16. The van der Waals surface area contributed by atoms with E-state index in [1.165, 1.54) is 18.2 Å². The number of carbonyl (C=O) groups excluding carboxylic acids is 1. The third-order valence-corrected chi connectivity index (χ3v) is 4.27. The molecule has 0 bridgehead atoms. The summed E-state index contributed by atoms with van der Waals surface area (Å²) >= 11 is 7.59. The Hall–Kier alpha value is -2.05. The fraction of sp³-hybridized carbons (Fsp3) is 0.188. The molecule has 0 heterocycles. The second-order valence-electron chi connectivity index (χ2n) is 4.75. The van der Waals surface area contributed by atoms with Gasteiger partial charge in [-0.15, -0.1) is 0 Å². The maximum Gasteiger partial charge on any atom is 0.270 e. The van der Waals surface area contributed by atoms with Gasteiger partial charge in [-0.25, -0.2) is 0 Å². The summed E-state index contributed by atoms with van der Waals surface area (Å²) in [5, 5.41) is 14.2. The van der Waals surface area contributed by atoms with E-state index in [4.69, 9.17) is 11.6 Å². The number of nitrogens with one attached hydrogen (secondary N) is 1. The van der Waals surface area contributed by atoms with Crippen LogP contribution in [-0.4, -0.2) is 23.1 Å². The monoisotopic (exact) mass is 350 g/mol. The highest BCUT2D eigenvalue weighted by molar-refractivity contribution is 7.98. The van der Waals surface area contributed by atoms with Crippen LogP contribution in [0.1, 0.15) is 15.9 Å². The molecule has 0 saturated carbocycles.